The van der Waals surface area contributed by atoms with Crippen molar-refractivity contribution in [3.63, 3.8) is 0 Å². The number of hydrogen-bond acceptors (Lipinski definition) is 4. The van der Waals surface area contributed by atoms with Gasteiger partial charge in [0.05, 0.1) is 14.7 Å². The monoisotopic (exact) mass is 227 g/mol. The highest BCUT2D eigenvalue weighted by Crippen LogP contribution is 2.40. The van der Waals surface area contributed by atoms with E-state index in [1.807, 2.05) is 19.1 Å². The first kappa shape index (κ1) is 8.30. The van der Waals surface area contributed by atoms with Gasteiger partial charge in [-0.2, -0.15) is 0 Å². The molecular weight excluding hydrogens is 210 g/mol. The fourth-order valence-corrected chi connectivity index (χ4v) is 2.14. The van der Waals surface area contributed by atoms with E-state index in [-0.39, 0.29) is 6.04 Å². The maximum atomic E-state index is 7.55. The third kappa shape index (κ3) is 2.21. The van der Waals surface area contributed by atoms with E-state index in [0.29, 0.717) is 12.2 Å². The molecule has 0 aromatic heterocycles. The van der Waals surface area contributed by atoms with E-state index >= 15 is 0 Å². The van der Waals surface area contributed by atoms with E-state index in [2.05, 4.69) is 0 Å². The first-order chi connectivity index (χ1) is 7.91. The quantitative estimate of drug-likeness (QED) is 0.858. The van der Waals surface area contributed by atoms with Crippen LogP contribution in [0.15, 0.2) is 17.0 Å². The molecule has 1 aliphatic heterocycles. The Labute approximate surface area is 96.8 Å². The van der Waals surface area contributed by atoms with Crippen molar-refractivity contribution in [3.8, 4) is 11.5 Å². The lowest BCUT2D eigenvalue weighted by Gasteiger charge is -2.12. The molecule has 1 aromatic carbocycles. The lowest BCUT2D eigenvalue weighted by Crippen LogP contribution is -2.18. The lowest BCUT2D eigenvalue weighted by molar-refractivity contribution is 0.387. The lowest BCUT2D eigenvalue weighted by atomic mass is 10.1. The molecule has 0 spiro atoms. The van der Waals surface area contributed by atoms with E-state index < -0.39 is 5.89 Å². The number of methoxy groups -OCH3 is 1. The van der Waals surface area contributed by atoms with Gasteiger partial charge < -0.3 is 15.2 Å². The average Bonchev–Trinajstić information content (AvgIpc) is 2.49. The Morgan fingerprint density at radius 3 is 3.20 bits per heavy atom. The van der Waals surface area contributed by atoms with E-state index in [9.17, 15) is 0 Å². The number of hydrogen-bond donors (Lipinski definition) is 1. The summed E-state index contributed by atoms with van der Waals surface area (Å²) in [5, 5.41) is 0. The van der Waals surface area contributed by atoms with Crippen molar-refractivity contribution in [1.82, 2.24) is 0 Å². The van der Waals surface area contributed by atoms with Crippen molar-refractivity contribution in [2.24, 2.45) is 5.73 Å². The van der Waals surface area contributed by atoms with Gasteiger partial charge >= 0.3 is 0 Å². The summed E-state index contributed by atoms with van der Waals surface area (Å²) in [6.45, 7) is 1.92. The van der Waals surface area contributed by atoms with Crippen molar-refractivity contribution in [1.29, 1.82) is 0 Å². The van der Waals surface area contributed by atoms with Crippen LogP contribution in [0.25, 0.3) is 0 Å². The zero-order chi connectivity index (χ0) is 12.6. The van der Waals surface area contributed by atoms with Crippen molar-refractivity contribution in [2.75, 3.05) is 13.0 Å². The highest BCUT2D eigenvalue weighted by molar-refractivity contribution is 7.99. The summed E-state index contributed by atoms with van der Waals surface area (Å²) in [6.07, 6.45) is 0.674. The summed E-state index contributed by atoms with van der Waals surface area (Å²) in [5.41, 5.74) is 6.71. The Kier molecular flexibility index (Phi) is 2.39. The normalized spacial score (nSPS) is 21.0. The highest BCUT2D eigenvalue weighted by Gasteiger charge is 2.17. The van der Waals surface area contributed by atoms with Gasteiger partial charge in [0.1, 0.15) is 17.4 Å². The highest BCUT2D eigenvalue weighted by atomic mass is 32.2. The van der Waals surface area contributed by atoms with Crippen LogP contribution < -0.4 is 15.2 Å². The summed E-state index contributed by atoms with van der Waals surface area (Å²) < 4.78 is 25.6. The second-order valence-corrected chi connectivity index (χ2v) is 4.39. The Morgan fingerprint density at radius 2 is 2.53 bits per heavy atom. The van der Waals surface area contributed by atoms with Crippen LogP contribution in [0.3, 0.4) is 0 Å². The second-order valence-electron chi connectivity index (χ2n) is 3.58. The number of benzene rings is 1. The molecule has 82 valence electrons. The van der Waals surface area contributed by atoms with E-state index in [1.54, 1.807) is 7.11 Å². The minimum Gasteiger partial charge on any atom is -0.496 e. The molecule has 1 unspecified atom stereocenters. The Morgan fingerprint density at radius 1 is 1.73 bits per heavy atom. The maximum absolute atomic E-state index is 7.55. The largest absolute Gasteiger partial charge is 0.496 e. The molecule has 1 atom stereocenters. The molecule has 0 bridgehead atoms. The predicted molar refractivity (Wildman–Crippen MR) is 61.7 cm³/mol. The van der Waals surface area contributed by atoms with Gasteiger partial charge in [0, 0.05) is 6.04 Å². The molecule has 3 nitrogen and oxygen atoms in total. The predicted octanol–water partition coefficient (Wildman–Crippen LogP) is 2.03. The molecule has 2 rings (SSSR count). The van der Waals surface area contributed by atoms with Crippen LogP contribution in [0.1, 0.15) is 15.2 Å². The molecule has 1 aromatic rings. The first-order valence-electron chi connectivity index (χ1n) is 5.76. The van der Waals surface area contributed by atoms with Crippen LogP contribution in [0, 0.1) is 0 Å². The molecule has 15 heavy (non-hydrogen) atoms. The molecule has 0 saturated carbocycles. The Balaban J connectivity index is 2.37. The second kappa shape index (κ2) is 4.33. The molecule has 0 fully saturated rings. The minimum absolute atomic E-state index is 0.0211. The molecule has 4 heteroatoms. The maximum Gasteiger partial charge on any atom is 0.138 e. The average molecular weight is 227 g/mol. The molecule has 0 radical (unpaired) electrons. The summed E-state index contributed by atoms with van der Waals surface area (Å²) in [4.78, 5) is 0.764. The van der Waals surface area contributed by atoms with Crippen molar-refractivity contribution in [3.05, 3.63) is 17.7 Å². The van der Waals surface area contributed by atoms with Crippen LogP contribution in [-0.2, 0) is 6.42 Å². The van der Waals surface area contributed by atoms with Crippen molar-refractivity contribution in [2.45, 2.75) is 24.3 Å². The van der Waals surface area contributed by atoms with Crippen LogP contribution in [0.5, 0.6) is 11.5 Å². The van der Waals surface area contributed by atoms with Crippen LogP contribution in [0.4, 0.5) is 0 Å². The zero-order valence-electron chi connectivity index (χ0n) is 10.7. The van der Waals surface area contributed by atoms with E-state index in [1.165, 1.54) is 0 Å². The van der Waals surface area contributed by atoms with Gasteiger partial charge in [0.2, 0.25) is 0 Å². The summed E-state index contributed by atoms with van der Waals surface area (Å²) in [5.74, 6) is -0.397. The molecule has 1 aliphatic rings. The van der Waals surface area contributed by atoms with Crippen molar-refractivity contribution < 1.29 is 12.2 Å². The SMILES string of the molecule is [2H]C1([2H])Oc2cc(CC(C)N)c(OC)cc2S1. The molecule has 1 heterocycles. The number of fused-ring (bicyclic) bond motifs is 1. The van der Waals surface area contributed by atoms with Gasteiger partial charge in [-0.3, -0.25) is 0 Å². The molecular formula is C11H15NO2S. The van der Waals surface area contributed by atoms with Crippen LogP contribution in [-0.4, -0.2) is 19.0 Å². The molecule has 0 saturated heterocycles. The van der Waals surface area contributed by atoms with Gasteiger partial charge in [-0.25, -0.2) is 0 Å². The summed E-state index contributed by atoms with van der Waals surface area (Å²) >= 11 is 1.05. The Bertz CT molecular complexity index is 438. The zero-order valence-corrected chi connectivity index (χ0v) is 9.56. The van der Waals surface area contributed by atoms with Gasteiger partial charge in [0.25, 0.3) is 0 Å². The fraction of sp³-hybridized carbons (Fsp3) is 0.455. The number of thioether (sulfide) groups is 1. The van der Waals surface area contributed by atoms with Gasteiger partial charge in [0.15, 0.2) is 0 Å². The van der Waals surface area contributed by atoms with Crippen LogP contribution >= 0.6 is 11.8 Å². The van der Waals surface area contributed by atoms with Crippen LogP contribution in [0.2, 0.25) is 0 Å². The molecule has 0 amide bonds. The van der Waals surface area contributed by atoms with E-state index in [0.717, 1.165) is 28.0 Å². The number of nitrogens with two attached hydrogens (primary N) is 1. The molecule has 2 N–H and O–H groups in total. The third-order valence-corrected chi connectivity index (χ3v) is 2.90. The summed E-state index contributed by atoms with van der Waals surface area (Å²) in [7, 11) is 1.60. The minimum atomic E-state index is -1.69. The third-order valence-electron chi connectivity index (χ3n) is 2.19. The number of ether oxygens (including phenoxy) is 2. The van der Waals surface area contributed by atoms with Gasteiger partial charge in [-0.05, 0) is 31.0 Å². The number of rotatable bonds is 3. The standard InChI is InChI=1S/C11H15NO2S/c1-7(12)3-8-4-10-11(15-6-14-10)5-9(8)13-2/h4-5,7H,3,6,12H2,1-2H3/i6D2. The van der Waals surface area contributed by atoms with Gasteiger partial charge in [-0.1, -0.05) is 11.8 Å². The van der Waals surface area contributed by atoms with Crippen molar-refractivity contribution >= 4 is 11.8 Å². The topological polar surface area (TPSA) is 44.5 Å². The molecule has 0 aliphatic carbocycles. The summed E-state index contributed by atoms with van der Waals surface area (Å²) in [6, 6.07) is 3.64. The van der Waals surface area contributed by atoms with E-state index in [4.69, 9.17) is 17.9 Å². The Hall–Kier alpha value is -0.870. The van der Waals surface area contributed by atoms with Gasteiger partial charge in [-0.15, -0.1) is 0 Å². The smallest absolute Gasteiger partial charge is 0.138 e. The fourth-order valence-electron chi connectivity index (χ4n) is 1.55. The first-order valence-corrected chi connectivity index (χ1v) is 5.57.